The van der Waals surface area contributed by atoms with E-state index in [0.717, 1.165) is 51.4 Å². The summed E-state index contributed by atoms with van der Waals surface area (Å²) >= 11 is 0. The normalized spacial score (nSPS) is 12.8. The zero-order valence-corrected chi connectivity index (χ0v) is 47.0. The second-order valence-electron chi connectivity index (χ2n) is 21.4. The summed E-state index contributed by atoms with van der Waals surface area (Å²) < 4.78 is 5.49. The second-order valence-corrected chi connectivity index (χ2v) is 21.4. The highest BCUT2D eigenvalue weighted by Crippen LogP contribution is 2.17. The minimum atomic E-state index is -0.850. The Hall–Kier alpha value is -1.92. The summed E-state index contributed by atoms with van der Waals surface area (Å²) in [6.45, 7) is 4.88. The third-order valence-corrected chi connectivity index (χ3v) is 14.4. The Morgan fingerprint density at radius 3 is 1.11 bits per heavy atom. The van der Waals surface area contributed by atoms with E-state index in [2.05, 4.69) is 43.5 Å². The van der Waals surface area contributed by atoms with Crippen molar-refractivity contribution < 1.29 is 24.5 Å². The molecule has 0 rings (SSSR count). The maximum Gasteiger partial charge on any atom is 0.305 e. The number of nitrogens with one attached hydrogen (secondary N) is 1. The van der Waals surface area contributed by atoms with Crippen LogP contribution in [0.4, 0.5) is 0 Å². The van der Waals surface area contributed by atoms with E-state index in [0.29, 0.717) is 19.4 Å². The maximum atomic E-state index is 12.5. The topological polar surface area (TPSA) is 95.9 Å². The zero-order chi connectivity index (χ0) is 50.7. The van der Waals surface area contributed by atoms with Crippen molar-refractivity contribution in [2.24, 2.45) is 0 Å². The van der Waals surface area contributed by atoms with Crippen LogP contribution < -0.4 is 5.32 Å². The van der Waals surface area contributed by atoms with Gasteiger partial charge < -0.3 is 20.3 Å². The van der Waals surface area contributed by atoms with Crippen LogP contribution >= 0.6 is 0 Å². The Morgan fingerprint density at radius 1 is 0.400 bits per heavy atom. The minimum absolute atomic E-state index is 0.00130. The molecule has 3 N–H and O–H groups in total. The minimum Gasteiger partial charge on any atom is -0.466 e. The summed E-state index contributed by atoms with van der Waals surface area (Å²) in [5, 5.41) is 23.2. The van der Waals surface area contributed by atoms with Crippen molar-refractivity contribution in [1.82, 2.24) is 5.32 Å². The van der Waals surface area contributed by atoms with Crippen LogP contribution in [0.25, 0.3) is 0 Å². The van der Waals surface area contributed by atoms with Gasteiger partial charge in [-0.2, -0.15) is 0 Å². The summed E-state index contributed by atoms with van der Waals surface area (Å²) in [4.78, 5) is 24.6. The van der Waals surface area contributed by atoms with E-state index < -0.39 is 12.1 Å². The second kappa shape index (κ2) is 59.6. The van der Waals surface area contributed by atoms with E-state index in [4.69, 9.17) is 4.74 Å². The lowest BCUT2D eigenvalue weighted by molar-refractivity contribution is -0.143. The standard InChI is InChI=1S/C64H121NO5/c1-3-5-7-9-11-13-15-17-19-21-23-25-30-34-38-42-46-50-54-58-64(69)70-59-55-51-47-43-39-35-31-27-26-29-33-37-41-45-49-53-57-63(68)65-61(60-66)62(67)56-52-48-44-40-36-32-28-24-22-20-18-16-14-12-10-8-6-4-2/h11,13,17,19,52,56,61-62,66-67H,3-10,12,14-16,18,20-51,53-55,57-60H2,1-2H3,(H,65,68)/b13-11-,19-17-,56-52+. The van der Waals surface area contributed by atoms with Crippen LogP contribution in [0.2, 0.25) is 0 Å². The molecule has 0 aromatic rings. The Balaban J connectivity index is 3.44. The monoisotopic (exact) mass is 984 g/mol. The van der Waals surface area contributed by atoms with Crippen molar-refractivity contribution >= 4 is 11.9 Å². The lowest BCUT2D eigenvalue weighted by Crippen LogP contribution is -2.45. The molecule has 0 radical (unpaired) electrons. The molecule has 0 aromatic heterocycles. The van der Waals surface area contributed by atoms with Gasteiger partial charge >= 0.3 is 5.97 Å². The van der Waals surface area contributed by atoms with Gasteiger partial charge in [-0.05, 0) is 64.2 Å². The Morgan fingerprint density at radius 2 is 0.714 bits per heavy atom. The van der Waals surface area contributed by atoms with E-state index >= 15 is 0 Å². The van der Waals surface area contributed by atoms with Gasteiger partial charge in [0, 0.05) is 12.8 Å². The fraction of sp³-hybridized carbons (Fsp3) is 0.875. The number of unbranched alkanes of at least 4 members (excludes halogenated alkanes) is 43. The first-order valence-corrected chi connectivity index (χ1v) is 31.3. The van der Waals surface area contributed by atoms with Crippen LogP contribution in [0.15, 0.2) is 36.5 Å². The average Bonchev–Trinajstić information content (AvgIpc) is 3.36. The first-order chi connectivity index (χ1) is 34.5. The molecule has 0 saturated carbocycles. The van der Waals surface area contributed by atoms with E-state index in [9.17, 15) is 19.8 Å². The smallest absolute Gasteiger partial charge is 0.305 e. The van der Waals surface area contributed by atoms with Gasteiger partial charge in [0.25, 0.3) is 0 Å². The number of allylic oxidation sites excluding steroid dienone is 5. The summed E-state index contributed by atoms with van der Waals surface area (Å²) in [6, 6.07) is -0.634. The van der Waals surface area contributed by atoms with Gasteiger partial charge in [0.05, 0.1) is 25.4 Å². The summed E-state index contributed by atoms with van der Waals surface area (Å²) in [7, 11) is 0. The lowest BCUT2D eigenvalue weighted by atomic mass is 10.0. The largest absolute Gasteiger partial charge is 0.466 e. The number of aliphatic hydroxyl groups is 2. The van der Waals surface area contributed by atoms with Crippen LogP contribution in [0.3, 0.4) is 0 Å². The maximum absolute atomic E-state index is 12.5. The third kappa shape index (κ3) is 55.4. The van der Waals surface area contributed by atoms with Crippen LogP contribution in [-0.2, 0) is 14.3 Å². The number of hydrogen-bond acceptors (Lipinski definition) is 5. The lowest BCUT2D eigenvalue weighted by Gasteiger charge is -2.20. The molecule has 70 heavy (non-hydrogen) atoms. The molecule has 0 saturated heterocycles. The number of rotatable bonds is 58. The number of carbonyl (C=O) groups is 2. The van der Waals surface area contributed by atoms with Crippen molar-refractivity contribution in [2.75, 3.05) is 13.2 Å². The van der Waals surface area contributed by atoms with Crippen LogP contribution in [-0.4, -0.2) is 47.4 Å². The average molecular weight is 985 g/mol. The molecular formula is C64H121NO5. The SMILES string of the molecule is CCCCC/C=C\C/C=C\CCCCCCCCCCCC(=O)OCCCCCCCCCCCCCCCCCCC(=O)NC(CO)C(O)/C=C/CCCCCCCCCCCCCCCCCC. The number of carbonyl (C=O) groups excluding carboxylic acids is 2. The summed E-state index contributed by atoms with van der Waals surface area (Å²) in [5.74, 6) is -0.0741. The molecule has 6 nitrogen and oxygen atoms in total. The molecule has 2 unspecified atom stereocenters. The number of ether oxygens (including phenoxy) is 1. The first-order valence-electron chi connectivity index (χ1n) is 31.3. The Kier molecular flexibility index (Phi) is 58.0. The highest BCUT2D eigenvalue weighted by atomic mass is 16.5. The Bertz CT molecular complexity index is 1130. The molecular weight excluding hydrogens is 863 g/mol. The zero-order valence-electron chi connectivity index (χ0n) is 47.0. The molecule has 0 aliphatic heterocycles. The van der Waals surface area contributed by atoms with E-state index in [1.165, 1.54) is 257 Å². The van der Waals surface area contributed by atoms with Gasteiger partial charge in [-0.15, -0.1) is 0 Å². The fourth-order valence-corrected chi connectivity index (χ4v) is 9.61. The van der Waals surface area contributed by atoms with Crippen LogP contribution in [0, 0.1) is 0 Å². The van der Waals surface area contributed by atoms with Crippen molar-refractivity contribution in [2.45, 2.75) is 347 Å². The quantitative estimate of drug-likeness (QED) is 0.0321. The molecule has 2 atom stereocenters. The molecule has 6 heteroatoms. The highest BCUT2D eigenvalue weighted by Gasteiger charge is 2.18. The number of hydrogen-bond donors (Lipinski definition) is 3. The number of aliphatic hydroxyl groups excluding tert-OH is 2. The molecule has 0 heterocycles. The third-order valence-electron chi connectivity index (χ3n) is 14.4. The van der Waals surface area contributed by atoms with Crippen molar-refractivity contribution in [3.63, 3.8) is 0 Å². The van der Waals surface area contributed by atoms with Crippen molar-refractivity contribution in [3.05, 3.63) is 36.5 Å². The predicted octanol–water partition coefficient (Wildman–Crippen LogP) is 19.6. The fourth-order valence-electron chi connectivity index (χ4n) is 9.61. The van der Waals surface area contributed by atoms with Crippen LogP contribution in [0.5, 0.6) is 0 Å². The van der Waals surface area contributed by atoms with Gasteiger partial charge in [-0.3, -0.25) is 9.59 Å². The highest BCUT2D eigenvalue weighted by molar-refractivity contribution is 5.76. The summed E-state index contributed by atoms with van der Waals surface area (Å²) in [6.07, 6.45) is 74.6. The van der Waals surface area contributed by atoms with Crippen molar-refractivity contribution in [3.8, 4) is 0 Å². The first kappa shape index (κ1) is 68.1. The van der Waals surface area contributed by atoms with Crippen molar-refractivity contribution in [1.29, 1.82) is 0 Å². The van der Waals surface area contributed by atoms with Gasteiger partial charge in [-0.25, -0.2) is 0 Å². The molecule has 0 bridgehead atoms. The molecule has 0 aliphatic rings. The van der Waals surface area contributed by atoms with Gasteiger partial charge in [0.2, 0.25) is 5.91 Å². The number of amides is 1. The Labute approximate surface area is 436 Å². The molecule has 1 amide bonds. The number of esters is 1. The predicted molar refractivity (Wildman–Crippen MR) is 306 cm³/mol. The van der Waals surface area contributed by atoms with Gasteiger partial charge in [-0.1, -0.05) is 294 Å². The molecule has 0 aliphatic carbocycles. The molecule has 0 fully saturated rings. The van der Waals surface area contributed by atoms with Gasteiger partial charge in [0.15, 0.2) is 0 Å². The molecule has 0 spiro atoms. The molecule has 412 valence electrons. The summed E-state index contributed by atoms with van der Waals surface area (Å²) in [5.41, 5.74) is 0. The van der Waals surface area contributed by atoms with Gasteiger partial charge in [0.1, 0.15) is 0 Å². The van der Waals surface area contributed by atoms with E-state index in [1.807, 2.05) is 6.08 Å². The van der Waals surface area contributed by atoms with E-state index in [-0.39, 0.29) is 18.5 Å². The van der Waals surface area contributed by atoms with Crippen LogP contribution in [0.1, 0.15) is 335 Å². The molecule has 0 aromatic carbocycles. The van der Waals surface area contributed by atoms with E-state index in [1.54, 1.807) is 6.08 Å².